The van der Waals surface area contributed by atoms with Gasteiger partial charge >= 0.3 is 0 Å². The summed E-state index contributed by atoms with van der Waals surface area (Å²) in [5, 5.41) is 0. The Balaban J connectivity index is 1.72. The van der Waals surface area contributed by atoms with Crippen LogP contribution in [0.1, 0.15) is 26.3 Å². The third kappa shape index (κ3) is 2.63. The molecule has 0 saturated heterocycles. The van der Waals surface area contributed by atoms with E-state index in [0.29, 0.717) is 17.5 Å². The normalized spacial score (nSPS) is 15.1. The van der Waals surface area contributed by atoms with Crippen molar-refractivity contribution in [3.8, 4) is 0 Å². The highest BCUT2D eigenvalue weighted by Crippen LogP contribution is 2.22. The third-order valence-corrected chi connectivity index (χ3v) is 3.68. The monoisotopic (exact) mass is 298 g/mol. The zero-order valence-electron chi connectivity index (χ0n) is 11.8. The quantitative estimate of drug-likeness (QED) is 0.878. The van der Waals surface area contributed by atoms with Crippen LogP contribution in [0.5, 0.6) is 0 Å². The molecular formula is C17H15FN2O2. The minimum atomic E-state index is -0.441. The minimum Gasteiger partial charge on any atom is -0.326 e. The van der Waals surface area contributed by atoms with E-state index in [1.807, 2.05) is 0 Å². The molecule has 1 aliphatic rings. The van der Waals surface area contributed by atoms with Gasteiger partial charge in [0.05, 0.1) is 11.1 Å². The number of benzene rings is 2. The molecule has 4 nitrogen and oxygen atoms in total. The van der Waals surface area contributed by atoms with Crippen LogP contribution in [-0.4, -0.2) is 29.3 Å². The number of fused-ring (bicyclic) bond motifs is 1. The van der Waals surface area contributed by atoms with Crippen LogP contribution in [0.3, 0.4) is 0 Å². The highest BCUT2D eigenvalue weighted by molar-refractivity contribution is 6.21. The van der Waals surface area contributed by atoms with Gasteiger partial charge in [-0.2, -0.15) is 0 Å². The van der Waals surface area contributed by atoms with Crippen LogP contribution >= 0.6 is 0 Å². The number of hydrogen-bond donors (Lipinski definition) is 1. The van der Waals surface area contributed by atoms with E-state index in [0.717, 1.165) is 10.5 Å². The first kappa shape index (κ1) is 14.4. The maximum Gasteiger partial charge on any atom is 0.261 e. The van der Waals surface area contributed by atoms with Crippen molar-refractivity contribution < 1.29 is 14.0 Å². The zero-order valence-corrected chi connectivity index (χ0v) is 11.8. The number of amides is 2. The summed E-state index contributed by atoms with van der Waals surface area (Å²) < 4.78 is 13.2. The van der Waals surface area contributed by atoms with E-state index in [2.05, 4.69) is 0 Å². The first-order valence-electron chi connectivity index (χ1n) is 7.01. The molecule has 1 aliphatic heterocycles. The summed E-state index contributed by atoms with van der Waals surface area (Å²) >= 11 is 0. The van der Waals surface area contributed by atoms with E-state index in [9.17, 15) is 14.0 Å². The van der Waals surface area contributed by atoms with E-state index >= 15 is 0 Å². The van der Waals surface area contributed by atoms with E-state index in [-0.39, 0.29) is 24.2 Å². The van der Waals surface area contributed by atoms with Crippen LogP contribution in [0.2, 0.25) is 0 Å². The zero-order chi connectivity index (χ0) is 15.7. The summed E-state index contributed by atoms with van der Waals surface area (Å²) in [5.41, 5.74) is 7.58. The largest absolute Gasteiger partial charge is 0.326 e. The van der Waals surface area contributed by atoms with E-state index < -0.39 is 6.04 Å². The number of imide groups is 1. The van der Waals surface area contributed by atoms with Crippen LogP contribution < -0.4 is 5.73 Å². The van der Waals surface area contributed by atoms with Gasteiger partial charge in [0, 0.05) is 12.6 Å². The molecule has 2 aromatic carbocycles. The smallest absolute Gasteiger partial charge is 0.261 e. The Morgan fingerprint density at radius 1 is 1.00 bits per heavy atom. The number of rotatable bonds is 4. The van der Waals surface area contributed by atoms with Crippen LogP contribution in [-0.2, 0) is 6.42 Å². The molecule has 3 rings (SSSR count). The summed E-state index contributed by atoms with van der Waals surface area (Å²) in [7, 11) is 0. The number of carbonyl (C=O) groups excluding carboxylic acids is 2. The second-order valence-electron chi connectivity index (χ2n) is 5.36. The minimum absolute atomic E-state index is 0.114. The van der Waals surface area contributed by atoms with Gasteiger partial charge in [0.15, 0.2) is 0 Å². The highest BCUT2D eigenvalue weighted by Gasteiger charge is 2.35. The molecule has 0 bridgehead atoms. The predicted octanol–water partition coefficient (Wildman–Crippen LogP) is 1.99. The summed E-state index contributed by atoms with van der Waals surface area (Å²) in [6.45, 7) is 0.114. The van der Waals surface area contributed by atoms with E-state index in [1.54, 1.807) is 36.4 Å². The lowest BCUT2D eigenvalue weighted by molar-refractivity contribution is 0.0644. The van der Waals surface area contributed by atoms with Crippen molar-refractivity contribution in [1.82, 2.24) is 4.90 Å². The topological polar surface area (TPSA) is 63.4 Å². The molecule has 0 saturated carbocycles. The molecule has 0 fully saturated rings. The third-order valence-electron chi connectivity index (χ3n) is 3.68. The van der Waals surface area contributed by atoms with E-state index in [4.69, 9.17) is 5.73 Å². The van der Waals surface area contributed by atoms with Gasteiger partial charge in [0.1, 0.15) is 5.82 Å². The Hall–Kier alpha value is -2.53. The van der Waals surface area contributed by atoms with Gasteiger partial charge in [-0.1, -0.05) is 24.3 Å². The summed E-state index contributed by atoms with van der Waals surface area (Å²) in [6.07, 6.45) is 0.394. The molecule has 2 N–H and O–H groups in total. The number of nitrogens with two attached hydrogens (primary N) is 1. The van der Waals surface area contributed by atoms with Crippen LogP contribution in [0.4, 0.5) is 4.39 Å². The van der Waals surface area contributed by atoms with Crippen molar-refractivity contribution in [3.05, 3.63) is 71.0 Å². The summed E-state index contributed by atoms with van der Waals surface area (Å²) in [5.74, 6) is -0.976. The van der Waals surface area contributed by atoms with Gasteiger partial charge < -0.3 is 5.73 Å². The molecule has 5 heteroatoms. The number of carbonyl (C=O) groups is 2. The van der Waals surface area contributed by atoms with Crippen molar-refractivity contribution in [1.29, 1.82) is 0 Å². The average molecular weight is 298 g/mol. The fraction of sp³-hybridized carbons (Fsp3) is 0.176. The average Bonchev–Trinajstić information content (AvgIpc) is 2.73. The fourth-order valence-corrected chi connectivity index (χ4v) is 2.67. The summed E-state index contributed by atoms with van der Waals surface area (Å²) in [4.78, 5) is 25.6. The molecule has 0 aromatic heterocycles. The molecule has 0 radical (unpaired) electrons. The van der Waals surface area contributed by atoms with Crippen molar-refractivity contribution in [2.24, 2.45) is 5.73 Å². The molecule has 22 heavy (non-hydrogen) atoms. The standard InChI is InChI=1S/C17H15FN2O2/c18-12-5-3-4-11(8-12)9-13(19)10-20-16(21)14-6-1-2-7-15(14)17(20)22/h1-8,13H,9-10,19H2. The lowest BCUT2D eigenvalue weighted by Gasteiger charge is -2.19. The van der Waals surface area contributed by atoms with Gasteiger partial charge in [-0.05, 0) is 36.2 Å². The second-order valence-corrected chi connectivity index (χ2v) is 5.36. The molecule has 0 aliphatic carbocycles. The van der Waals surface area contributed by atoms with Crippen LogP contribution in [0.15, 0.2) is 48.5 Å². The fourth-order valence-electron chi connectivity index (χ4n) is 2.67. The predicted molar refractivity (Wildman–Crippen MR) is 79.9 cm³/mol. The first-order valence-corrected chi connectivity index (χ1v) is 7.01. The molecular weight excluding hydrogens is 283 g/mol. The Morgan fingerprint density at radius 3 is 2.23 bits per heavy atom. The molecule has 1 heterocycles. The van der Waals surface area contributed by atoms with Crippen molar-refractivity contribution in [2.45, 2.75) is 12.5 Å². The molecule has 0 spiro atoms. The van der Waals surface area contributed by atoms with E-state index in [1.165, 1.54) is 12.1 Å². The molecule has 1 unspecified atom stereocenters. The maximum absolute atomic E-state index is 13.2. The van der Waals surface area contributed by atoms with Gasteiger partial charge in [-0.25, -0.2) is 4.39 Å². The summed E-state index contributed by atoms with van der Waals surface area (Å²) in [6, 6.07) is 12.4. The molecule has 2 aromatic rings. The van der Waals surface area contributed by atoms with Crippen LogP contribution in [0.25, 0.3) is 0 Å². The van der Waals surface area contributed by atoms with Gasteiger partial charge in [-0.15, -0.1) is 0 Å². The van der Waals surface area contributed by atoms with Crippen molar-refractivity contribution in [2.75, 3.05) is 6.54 Å². The lowest BCUT2D eigenvalue weighted by Crippen LogP contribution is -2.41. The number of nitrogens with zero attached hydrogens (tertiary/aromatic N) is 1. The first-order chi connectivity index (χ1) is 10.6. The number of hydrogen-bond acceptors (Lipinski definition) is 3. The highest BCUT2D eigenvalue weighted by atomic mass is 19.1. The van der Waals surface area contributed by atoms with Gasteiger partial charge in [-0.3, -0.25) is 14.5 Å². The maximum atomic E-state index is 13.2. The second kappa shape index (κ2) is 5.69. The SMILES string of the molecule is NC(Cc1cccc(F)c1)CN1C(=O)c2ccccc2C1=O. The Labute approximate surface area is 127 Å². The Morgan fingerprint density at radius 2 is 1.64 bits per heavy atom. The molecule has 1 atom stereocenters. The van der Waals surface area contributed by atoms with Crippen molar-refractivity contribution >= 4 is 11.8 Å². The van der Waals surface area contributed by atoms with Crippen LogP contribution in [0, 0.1) is 5.82 Å². The van der Waals surface area contributed by atoms with Gasteiger partial charge in [0.2, 0.25) is 0 Å². The molecule has 2 amide bonds. The Kier molecular flexibility index (Phi) is 3.73. The number of halogens is 1. The van der Waals surface area contributed by atoms with Gasteiger partial charge in [0.25, 0.3) is 11.8 Å². The lowest BCUT2D eigenvalue weighted by atomic mass is 10.1. The molecule has 112 valence electrons. The Bertz CT molecular complexity index is 710. The van der Waals surface area contributed by atoms with Crippen molar-refractivity contribution in [3.63, 3.8) is 0 Å².